The van der Waals surface area contributed by atoms with Gasteiger partial charge in [0, 0.05) is 74.8 Å². The number of nitrogens with two attached hydrogens (primary N) is 4. The summed E-state index contributed by atoms with van der Waals surface area (Å²) >= 11 is 0. The van der Waals surface area contributed by atoms with Crippen LogP contribution in [0.15, 0.2) is 24.3 Å². The Bertz CT molecular complexity index is 1410. The van der Waals surface area contributed by atoms with E-state index in [2.05, 4.69) is 49.0 Å². The number of hydrogen-bond acceptors (Lipinski definition) is 17. The molecule has 578 valence electrons. The lowest BCUT2D eigenvalue weighted by molar-refractivity contribution is -0.657. The highest BCUT2D eigenvalue weighted by atomic mass is 16.5. The average Bonchev–Trinajstić information content (AvgIpc) is 2.11. The summed E-state index contributed by atoms with van der Waals surface area (Å²) in [4.78, 5) is 51.2. The van der Waals surface area contributed by atoms with E-state index in [1.165, 1.54) is 160 Å². The molecule has 0 heterocycles. The average molecular weight is 1390 g/mol. The van der Waals surface area contributed by atoms with E-state index < -0.39 is 35.8 Å². The van der Waals surface area contributed by atoms with Crippen LogP contribution in [0.1, 0.15) is 259 Å². The van der Waals surface area contributed by atoms with Crippen LogP contribution >= 0.6 is 0 Å². The van der Waals surface area contributed by atoms with E-state index in [0.717, 1.165) is 169 Å². The lowest BCUT2D eigenvalue weighted by atomic mass is 10.00. The van der Waals surface area contributed by atoms with Gasteiger partial charge in [0.2, 0.25) is 0 Å². The number of carbonyl (C=O) groups is 5. The summed E-state index contributed by atoms with van der Waals surface area (Å²) in [7, 11) is 13.7. The monoisotopic (exact) mass is 1390 g/mol. The zero-order valence-electron chi connectivity index (χ0n) is 63.9. The van der Waals surface area contributed by atoms with Crippen LogP contribution in [-0.4, -0.2) is 197 Å². The molecule has 0 bridgehead atoms. The highest BCUT2D eigenvalue weighted by molar-refractivity contribution is 5.90. The third kappa shape index (κ3) is 138. The van der Waals surface area contributed by atoms with Gasteiger partial charge in [-0.05, 0) is 51.0 Å². The third-order valence-corrected chi connectivity index (χ3v) is 14.3. The number of carbonyl (C=O) groups excluding carboxylic acids is 4. The molecule has 0 aromatic rings. The van der Waals surface area contributed by atoms with Gasteiger partial charge in [0.15, 0.2) is 0 Å². The van der Waals surface area contributed by atoms with Crippen molar-refractivity contribution >= 4 is 29.8 Å². The van der Waals surface area contributed by atoms with Gasteiger partial charge in [-0.15, -0.1) is 0 Å². The lowest BCUT2D eigenvalue weighted by Gasteiger charge is -2.18. The summed E-state index contributed by atoms with van der Waals surface area (Å²) in [6.07, 6.45) is 46.6. The molecule has 0 aliphatic carbocycles. The molecular formula is C74H154N4O18. The van der Waals surface area contributed by atoms with E-state index in [-0.39, 0.29) is 12.8 Å². The molecular weight excluding hydrogens is 1230 g/mol. The first-order valence-corrected chi connectivity index (χ1v) is 37.1. The Morgan fingerprint density at radius 3 is 0.750 bits per heavy atom. The number of quaternary nitrogens is 4. The van der Waals surface area contributed by atoms with Crippen molar-refractivity contribution in [1.82, 2.24) is 0 Å². The molecule has 0 atom stereocenters. The second-order valence-electron chi connectivity index (χ2n) is 23.4. The van der Waals surface area contributed by atoms with Crippen molar-refractivity contribution in [2.75, 3.05) is 162 Å². The topological polar surface area (TPSA) is 338 Å². The fourth-order valence-electron chi connectivity index (χ4n) is 8.56. The fraction of sp³-hybridized carbons (Fsp3) is 0.878. The molecule has 22 nitrogen and oxygen atoms in total. The molecule has 0 aromatic carbocycles. The predicted molar refractivity (Wildman–Crippen MR) is 380 cm³/mol. The summed E-state index contributed by atoms with van der Waals surface area (Å²) in [6, 6.07) is 0. The van der Waals surface area contributed by atoms with Crippen LogP contribution in [0.2, 0.25) is 0 Å². The van der Waals surface area contributed by atoms with Gasteiger partial charge in [0.1, 0.15) is 0 Å². The third-order valence-electron chi connectivity index (χ3n) is 14.3. The highest BCUT2D eigenvalue weighted by Gasteiger charge is 2.10. The first kappa shape index (κ1) is 108. The smallest absolute Gasteiger partial charge is 0.327 e. The number of hydrogen-bond donors (Lipinski definition) is 5. The maximum Gasteiger partial charge on any atom is 0.327 e. The molecule has 0 aromatic heterocycles. The molecule has 0 saturated carbocycles. The van der Waals surface area contributed by atoms with E-state index >= 15 is 0 Å². The van der Waals surface area contributed by atoms with Gasteiger partial charge in [-0.1, -0.05) is 226 Å². The van der Waals surface area contributed by atoms with E-state index in [1.807, 2.05) is 0 Å². The van der Waals surface area contributed by atoms with E-state index in [9.17, 15) is 44.4 Å². The molecule has 0 radical (unpaired) electrons. The summed E-state index contributed by atoms with van der Waals surface area (Å²) < 4.78 is 38.8. The molecule has 0 unspecified atom stereocenters. The van der Waals surface area contributed by atoms with E-state index in [4.69, 9.17) is 43.0 Å². The maximum atomic E-state index is 10.5. The maximum absolute atomic E-state index is 10.5. The molecule has 0 aliphatic heterocycles. The van der Waals surface area contributed by atoms with Gasteiger partial charge in [0.05, 0.1) is 123 Å². The molecule has 9 N–H and O–H groups in total. The number of allylic oxidation sites excluding steroid dienone is 2. The zero-order chi connectivity index (χ0) is 73.5. The van der Waals surface area contributed by atoms with Gasteiger partial charge >= 0.3 is 5.97 Å². The minimum atomic E-state index is -1.53. The second kappa shape index (κ2) is 110. The summed E-state index contributed by atoms with van der Waals surface area (Å²) in [6.45, 7) is 23.6. The fourth-order valence-corrected chi connectivity index (χ4v) is 8.56. The number of unbranched alkanes of at least 4 members (excludes halogenated alkanes) is 30. The number of ether oxygens (including phenoxy) is 8. The first-order chi connectivity index (χ1) is 46.6. The number of aliphatic carboxylic acids is 5. The van der Waals surface area contributed by atoms with Crippen molar-refractivity contribution in [3.63, 3.8) is 0 Å². The van der Waals surface area contributed by atoms with Crippen LogP contribution in [0.3, 0.4) is 0 Å². The van der Waals surface area contributed by atoms with Gasteiger partial charge in [-0.25, -0.2) is 4.79 Å². The van der Waals surface area contributed by atoms with Crippen LogP contribution in [-0.2, 0) is 61.9 Å². The van der Waals surface area contributed by atoms with Crippen molar-refractivity contribution in [3.05, 3.63) is 24.3 Å². The minimum absolute atomic E-state index is 0.125. The summed E-state index contributed by atoms with van der Waals surface area (Å²) in [5.41, 5.74) is 0. The highest BCUT2D eigenvalue weighted by Crippen LogP contribution is 2.14. The van der Waals surface area contributed by atoms with Gasteiger partial charge in [-0.3, -0.25) is 0 Å². The van der Waals surface area contributed by atoms with Crippen molar-refractivity contribution in [2.45, 2.75) is 259 Å². The van der Waals surface area contributed by atoms with Crippen LogP contribution in [0, 0.1) is 5.92 Å². The first-order valence-electron chi connectivity index (χ1n) is 37.1. The SMILES string of the molecule is CCCCCCCCC=CC(=O)O.CCCCCCCCCCC=CC(=O)[O-].CCCCCCCCCCCC(=O)[O-].CCCCCCCCCCCC(C(=O)[O-])C(=O)[O-].COCC[NH2+]CCOC.COCC[NH2+]CCOC.COCC[NH2+]CCOC.COCC[NH2+]CCOC. The van der Waals surface area contributed by atoms with Gasteiger partial charge in [-0.2, -0.15) is 0 Å². The Labute approximate surface area is 587 Å². The standard InChI is InChI=1S/C14H26O4.C13H24O2.C12H24O2.C11H20O2.4C6H15NO2/c1-2-3-4-5-6-7-8-9-10-11-12(13(15)16)14(17)18;1-2-3-4-5-6-7-8-9-10-11-12-13(14)15;1-2-3-4-5-6-7-8-9-10-11-12(13)14;1-2-3-4-5-6-7-8-9-10-11(12)13;4*1-8-5-3-7-4-6-9-2/h12H,2-11H2,1H3,(H,15,16)(H,17,18);11-12H,2-10H2,1H3,(H,14,15);2-11H2,1H3,(H,13,14);9-10H,2-8H2,1H3,(H,12,13);4*7H,3-6H2,1-2H3. The Morgan fingerprint density at radius 2 is 0.542 bits per heavy atom. The molecule has 0 fully saturated rings. The van der Waals surface area contributed by atoms with Crippen LogP contribution in [0.5, 0.6) is 0 Å². The largest absolute Gasteiger partial charge is 0.550 e. The molecule has 0 aliphatic rings. The van der Waals surface area contributed by atoms with Crippen LogP contribution < -0.4 is 41.7 Å². The lowest BCUT2D eigenvalue weighted by Crippen LogP contribution is -2.86. The summed E-state index contributed by atoms with van der Waals surface area (Å²) in [5, 5.41) is 58.1. The Morgan fingerprint density at radius 1 is 0.323 bits per heavy atom. The molecule has 0 saturated heterocycles. The Kier molecular flexibility index (Phi) is 124. The van der Waals surface area contributed by atoms with Crippen LogP contribution in [0.25, 0.3) is 0 Å². The molecule has 22 heteroatoms. The number of carboxylic acids is 5. The van der Waals surface area contributed by atoms with E-state index in [1.54, 1.807) is 69.0 Å². The van der Waals surface area contributed by atoms with Gasteiger partial charge < -0.3 is 104 Å². The predicted octanol–water partition coefficient (Wildman–Crippen LogP) is 5.25. The quantitative estimate of drug-likeness (QED) is 0.0295. The van der Waals surface area contributed by atoms with Gasteiger partial charge in [0.25, 0.3) is 0 Å². The molecule has 0 rings (SSSR count). The van der Waals surface area contributed by atoms with Crippen LogP contribution in [0.4, 0.5) is 0 Å². The number of methoxy groups -OCH3 is 8. The zero-order valence-corrected chi connectivity index (χ0v) is 63.9. The Balaban J connectivity index is -0.000000156. The van der Waals surface area contributed by atoms with Crippen molar-refractivity contribution in [3.8, 4) is 0 Å². The number of carboxylic acid groups (broad SMARTS) is 5. The normalized spacial score (nSPS) is 10.5. The summed E-state index contributed by atoms with van der Waals surface area (Å²) in [5.74, 6) is -7.35. The number of rotatable bonds is 64. The molecule has 0 amide bonds. The Hall–Kier alpha value is -3.65. The second-order valence-corrected chi connectivity index (χ2v) is 23.4. The van der Waals surface area contributed by atoms with Crippen molar-refractivity contribution in [1.29, 1.82) is 0 Å². The van der Waals surface area contributed by atoms with E-state index in [0.29, 0.717) is 6.42 Å². The molecule has 0 spiro atoms. The van der Waals surface area contributed by atoms with Crippen molar-refractivity contribution in [2.24, 2.45) is 5.92 Å². The van der Waals surface area contributed by atoms with Crippen molar-refractivity contribution < 1.29 is 109 Å². The minimum Gasteiger partial charge on any atom is -0.550 e. The molecule has 96 heavy (non-hydrogen) atoms.